The van der Waals surface area contributed by atoms with Crippen molar-refractivity contribution in [2.75, 3.05) is 29.8 Å². The number of piperidine rings is 1. The Hall–Kier alpha value is -1.65. The molecular formula is C17H27N3O5S2. The summed E-state index contributed by atoms with van der Waals surface area (Å²) in [7, 11) is -6.62. The second-order valence-electron chi connectivity index (χ2n) is 6.81. The summed E-state index contributed by atoms with van der Waals surface area (Å²) < 4.78 is 51.5. The predicted molar refractivity (Wildman–Crippen MR) is 106 cm³/mol. The molecule has 1 aliphatic rings. The van der Waals surface area contributed by atoms with Gasteiger partial charge in [-0.2, -0.15) is 0 Å². The van der Waals surface area contributed by atoms with Gasteiger partial charge < -0.3 is 4.90 Å². The van der Waals surface area contributed by atoms with Crippen molar-refractivity contribution >= 4 is 31.6 Å². The molecule has 152 valence electrons. The molecule has 8 nitrogen and oxygen atoms in total. The van der Waals surface area contributed by atoms with Crippen molar-refractivity contribution in [3.05, 3.63) is 29.8 Å². The average molecular weight is 418 g/mol. The smallest absolute Gasteiger partial charge is 0.253 e. The maximum atomic E-state index is 12.6. The van der Waals surface area contributed by atoms with E-state index in [9.17, 15) is 21.6 Å². The molecule has 0 aromatic heterocycles. The molecular weight excluding hydrogens is 390 g/mol. The van der Waals surface area contributed by atoms with E-state index in [0.29, 0.717) is 43.6 Å². The molecule has 1 fully saturated rings. The Balaban J connectivity index is 1.89. The van der Waals surface area contributed by atoms with E-state index >= 15 is 0 Å². The summed E-state index contributed by atoms with van der Waals surface area (Å²) in [4.78, 5) is 14.3. The highest BCUT2D eigenvalue weighted by Crippen LogP contribution is 2.17. The Morgan fingerprint density at radius 2 is 1.70 bits per heavy atom. The number of anilines is 1. The second-order valence-corrected chi connectivity index (χ2v) is 10.4. The molecule has 0 bridgehead atoms. The molecule has 0 atom stereocenters. The molecule has 1 amide bonds. The molecule has 1 aromatic carbocycles. The standard InChI is InChI=1S/C17H27N3O5S2/c1-3-4-13-27(24,25)19-16-9-11-20(12-10-16)17(21)14-5-7-15(8-6-14)18-26(2,22)23/h5-8,16,18-19H,3-4,9-13H2,1-2H3. The predicted octanol–water partition coefficient (Wildman–Crippen LogP) is 1.38. The number of nitrogens with one attached hydrogen (secondary N) is 2. The van der Waals surface area contributed by atoms with Gasteiger partial charge in [0.05, 0.1) is 12.0 Å². The van der Waals surface area contributed by atoms with Crippen LogP contribution in [0.5, 0.6) is 0 Å². The summed E-state index contributed by atoms with van der Waals surface area (Å²) in [5.41, 5.74) is 0.866. The molecule has 10 heteroatoms. The SMILES string of the molecule is CCCCS(=O)(=O)NC1CCN(C(=O)c2ccc(NS(C)(=O)=O)cc2)CC1. The van der Waals surface area contributed by atoms with Crippen molar-refractivity contribution in [2.45, 2.75) is 38.6 Å². The molecule has 27 heavy (non-hydrogen) atoms. The number of carbonyl (C=O) groups is 1. The number of benzene rings is 1. The summed E-state index contributed by atoms with van der Waals surface area (Å²) >= 11 is 0. The largest absolute Gasteiger partial charge is 0.339 e. The number of amides is 1. The number of nitrogens with zero attached hydrogens (tertiary/aromatic N) is 1. The van der Waals surface area contributed by atoms with Crippen LogP contribution in [0.25, 0.3) is 0 Å². The maximum Gasteiger partial charge on any atom is 0.253 e. The topological polar surface area (TPSA) is 113 Å². The lowest BCUT2D eigenvalue weighted by molar-refractivity contribution is 0.0711. The summed E-state index contributed by atoms with van der Waals surface area (Å²) in [5.74, 6) is -0.00976. The van der Waals surface area contributed by atoms with E-state index in [1.54, 1.807) is 29.2 Å². The van der Waals surface area contributed by atoms with E-state index in [-0.39, 0.29) is 17.7 Å². The van der Waals surface area contributed by atoms with Crippen LogP contribution in [0.3, 0.4) is 0 Å². The van der Waals surface area contributed by atoms with Gasteiger partial charge in [0.1, 0.15) is 0 Å². The van der Waals surface area contributed by atoms with Crippen molar-refractivity contribution < 1.29 is 21.6 Å². The van der Waals surface area contributed by atoms with Crippen molar-refractivity contribution in [1.29, 1.82) is 0 Å². The van der Waals surface area contributed by atoms with E-state index in [4.69, 9.17) is 0 Å². The highest BCUT2D eigenvalue weighted by atomic mass is 32.2. The lowest BCUT2D eigenvalue weighted by Crippen LogP contribution is -2.47. The minimum Gasteiger partial charge on any atom is -0.339 e. The molecule has 1 aromatic rings. The molecule has 1 aliphatic heterocycles. The van der Waals surface area contributed by atoms with Gasteiger partial charge in [0.2, 0.25) is 20.0 Å². The van der Waals surface area contributed by atoms with Gasteiger partial charge in [0, 0.05) is 30.4 Å². The van der Waals surface area contributed by atoms with Crippen LogP contribution in [-0.4, -0.2) is 58.8 Å². The van der Waals surface area contributed by atoms with Crippen molar-refractivity contribution in [1.82, 2.24) is 9.62 Å². The second kappa shape index (κ2) is 9.03. The first-order valence-electron chi connectivity index (χ1n) is 8.97. The van der Waals surface area contributed by atoms with Crippen LogP contribution in [-0.2, 0) is 20.0 Å². The van der Waals surface area contributed by atoms with Gasteiger partial charge in [-0.05, 0) is 43.5 Å². The molecule has 0 unspecified atom stereocenters. The molecule has 1 heterocycles. The normalized spacial score (nSPS) is 16.3. The Morgan fingerprint density at radius 1 is 1.11 bits per heavy atom. The fourth-order valence-electron chi connectivity index (χ4n) is 2.93. The highest BCUT2D eigenvalue weighted by Gasteiger charge is 2.26. The van der Waals surface area contributed by atoms with Gasteiger partial charge in [0.15, 0.2) is 0 Å². The Bertz CT molecular complexity index is 843. The van der Waals surface area contributed by atoms with E-state index in [1.165, 1.54) is 0 Å². The van der Waals surface area contributed by atoms with Crippen molar-refractivity contribution in [2.24, 2.45) is 0 Å². The summed E-state index contributed by atoms with van der Waals surface area (Å²) in [6.07, 6.45) is 3.67. The first-order valence-corrected chi connectivity index (χ1v) is 12.5. The molecule has 0 saturated carbocycles. The zero-order valence-corrected chi connectivity index (χ0v) is 17.3. The number of carbonyl (C=O) groups excluding carboxylic acids is 1. The highest BCUT2D eigenvalue weighted by molar-refractivity contribution is 7.92. The maximum absolute atomic E-state index is 12.6. The fourth-order valence-corrected chi connectivity index (χ4v) is 5.02. The zero-order chi connectivity index (χ0) is 20.1. The van der Waals surface area contributed by atoms with E-state index in [0.717, 1.165) is 12.7 Å². The van der Waals surface area contributed by atoms with Crippen LogP contribution < -0.4 is 9.44 Å². The fraction of sp³-hybridized carbons (Fsp3) is 0.588. The lowest BCUT2D eigenvalue weighted by atomic mass is 10.0. The zero-order valence-electron chi connectivity index (χ0n) is 15.6. The minimum atomic E-state index is -3.36. The Labute approximate surface area is 161 Å². The number of sulfonamides is 2. The van der Waals surface area contributed by atoms with E-state index in [1.807, 2.05) is 6.92 Å². The van der Waals surface area contributed by atoms with Crippen LogP contribution >= 0.6 is 0 Å². The van der Waals surface area contributed by atoms with Crippen LogP contribution in [0.15, 0.2) is 24.3 Å². The quantitative estimate of drug-likeness (QED) is 0.664. The Kier molecular flexibility index (Phi) is 7.24. The van der Waals surface area contributed by atoms with Crippen molar-refractivity contribution in [3.8, 4) is 0 Å². The molecule has 0 radical (unpaired) electrons. The van der Waals surface area contributed by atoms with Gasteiger partial charge in [-0.25, -0.2) is 21.6 Å². The number of rotatable bonds is 8. The summed E-state index contributed by atoms with van der Waals surface area (Å²) in [5, 5.41) is 0. The Morgan fingerprint density at radius 3 is 2.22 bits per heavy atom. The van der Waals surface area contributed by atoms with Gasteiger partial charge in [-0.15, -0.1) is 0 Å². The number of likely N-dealkylation sites (tertiary alicyclic amines) is 1. The van der Waals surface area contributed by atoms with Gasteiger partial charge >= 0.3 is 0 Å². The van der Waals surface area contributed by atoms with Crippen molar-refractivity contribution in [3.63, 3.8) is 0 Å². The first kappa shape index (κ1) is 21.6. The third-order valence-corrected chi connectivity index (χ3v) is 6.46. The molecule has 2 N–H and O–H groups in total. The van der Waals surface area contributed by atoms with Crippen LogP contribution in [0, 0.1) is 0 Å². The van der Waals surface area contributed by atoms with Gasteiger partial charge in [0.25, 0.3) is 5.91 Å². The average Bonchev–Trinajstić information content (AvgIpc) is 2.59. The summed E-state index contributed by atoms with van der Waals surface area (Å²) in [6, 6.07) is 6.11. The number of hydrogen-bond donors (Lipinski definition) is 2. The van der Waals surface area contributed by atoms with Gasteiger partial charge in [-0.1, -0.05) is 13.3 Å². The molecule has 0 spiro atoms. The van der Waals surface area contributed by atoms with Gasteiger partial charge in [-0.3, -0.25) is 9.52 Å². The monoisotopic (exact) mass is 417 g/mol. The number of hydrogen-bond acceptors (Lipinski definition) is 5. The summed E-state index contributed by atoms with van der Waals surface area (Å²) in [6.45, 7) is 2.90. The third kappa shape index (κ3) is 7.11. The van der Waals surface area contributed by atoms with Crippen LogP contribution in [0.2, 0.25) is 0 Å². The van der Waals surface area contributed by atoms with Crippen LogP contribution in [0.1, 0.15) is 43.0 Å². The van der Waals surface area contributed by atoms with Crippen LogP contribution in [0.4, 0.5) is 5.69 Å². The van der Waals surface area contributed by atoms with E-state index in [2.05, 4.69) is 9.44 Å². The minimum absolute atomic E-state index is 0.135. The molecule has 0 aliphatic carbocycles. The molecule has 1 saturated heterocycles. The first-order chi connectivity index (χ1) is 12.6. The third-order valence-electron chi connectivity index (χ3n) is 4.33. The molecule has 2 rings (SSSR count). The number of unbranched alkanes of at least 4 members (excludes halogenated alkanes) is 1. The van der Waals surface area contributed by atoms with E-state index < -0.39 is 20.0 Å². The lowest BCUT2D eigenvalue weighted by Gasteiger charge is -2.32.